The molecule has 0 rings (SSSR count). The molecule has 0 saturated heterocycles. The third-order valence-electron chi connectivity index (χ3n) is 3.64. The molecule has 0 aromatic heterocycles. The number of esters is 2. The van der Waals surface area contributed by atoms with E-state index in [2.05, 4.69) is 53.0 Å². The van der Waals surface area contributed by atoms with Gasteiger partial charge >= 0.3 is 57.4 Å². The topological polar surface area (TPSA) is 52.6 Å². The molecule has 0 radical (unpaired) electrons. The van der Waals surface area contributed by atoms with Gasteiger partial charge in [-0.25, -0.2) is 0 Å². The number of hydrogen-bond acceptors (Lipinski definition) is 6. The summed E-state index contributed by atoms with van der Waals surface area (Å²) in [5.74, 6) is 1.50. The molecule has 0 fully saturated rings. The van der Waals surface area contributed by atoms with E-state index in [0.717, 1.165) is 37.5 Å². The van der Waals surface area contributed by atoms with Crippen molar-refractivity contribution >= 4 is 82.7 Å². The summed E-state index contributed by atoms with van der Waals surface area (Å²) >= 11 is 7.62. The number of carbonyl (C=O) groups is 2. The van der Waals surface area contributed by atoms with E-state index in [4.69, 9.17) is 9.47 Å². The van der Waals surface area contributed by atoms with Crippen LogP contribution in [0.15, 0.2) is 0 Å². The molecule has 0 saturated carbocycles. The Morgan fingerprint density at radius 2 is 1.00 bits per heavy atom. The summed E-state index contributed by atoms with van der Waals surface area (Å²) in [6.45, 7) is 10.00. The summed E-state index contributed by atoms with van der Waals surface area (Å²) in [5, 5.41) is 0. The quantitative estimate of drug-likeness (QED) is 0.161. The first-order chi connectivity index (χ1) is 12.3. The molecule has 0 aliphatic heterocycles. The van der Waals surface area contributed by atoms with E-state index >= 15 is 0 Å². The summed E-state index contributed by atoms with van der Waals surface area (Å²) in [6.07, 6.45) is 9.25. The van der Waals surface area contributed by atoms with Crippen molar-refractivity contribution in [3.8, 4) is 0 Å². The van der Waals surface area contributed by atoms with Crippen LogP contribution in [-0.2, 0) is 19.1 Å². The van der Waals surface area contributed by atoms with Crippen LogP contribution < -0.4 is 0 Å². The molecule has 0 unspecified atom stereocenters. The Hall–Kier alpha value is 1.12. The van der Waals surface area contributed by atoms with E-state index < -0.39 is 0 Å². The molecule has 0 bridgehead atoms. The second-order valence-electron chi connectivity index (χ2n) is 7.24. The number of unbranched alkanes of at least 4 members (excludes halogenated alkanes) is 4. The Kier molecular flexibility index (Phi) is 30.5. The molecule has 0 aromatic carbocycles. The molecule has 0 amide bonds. The van der Waals surface area contributed by atoms with Gasteiger partial charge in [0.1, 0.15) is 0 Å². The Balaban J connectivity index is -0.000000411. The molecule has 0 atom stereocenters. The third-order valence-corrected chi connectivity index (χ3v) is 4.15. The molecule has 0 aromatic rings. The second kappa shape index (κ2) is 25.2. The van der Waals surface area contributed by atoms with Crippen LogP contribution in [0.25, 0.3) is 0 Å². The normalized spacial score (nSPS) is 10.1. The maximum absolute atomic E-state index is 10.7. The number of carbonyl (C=O) groups excluding carboxylic acids is 2. The molecule has 0 N–H and O–H groups in total. The van der Waals surface area contributed by atoms with Gasteiger partial charge in [-0.3, -0.25) is 9.59 Å². The SMILES string of the molecule is CC(C)CCCCCOC(=O)CS.CC(C)CCCCCOC(=O)CS.[SrH2]. The summed E-state index contributed by atoms with van der Waals surface area (Å²) in [4.78, 5) is 21.3. The van der Waals surface area contributed by atoms with Gasteiger partial charge in [0.05, 0.1) is 24.7 Å². The van der Waals surface area contributed by atoms with Gasteiger partial charge in [-0.05, 0) is 24.7 Å². The van der Waals surface area contributed by atoms with E-state index in [-0.39, 0.29) is 68.9 Å². The van der Waals surface area contributed by atoms with Crippen LogP contribution >= 0.6 is 25.3 Å². The van der Waals surface area contributed by atoms with Gasteiger partial charge in [-0.15, -0.1) is 0 Å². The van der Waals surface area contributed by atoms with Crippen molar-refractivity contribution in [3.63, 3.8) is 0 Å². The summed E-state index contributed by atoms with van der Waals surface area (Å²) in [5.41, 5.74) is 0. The van der Waals surface area contributed by atoms with Gasteiger partial charge in [0.2, 0.25) is 0 Å². The molecule has 0 aliphatic rings. The van der Waals surface area contributed by atoms with Crippen LogP contribution in [-0.4, -0.2) is 82.1 Å². The van der Waals surface area contributed by atoms with Crippen molar-refractivity contribution < 1.29 is 19.1 Å². The molecule has 4 nitrogen and oxygen atoms in total. The van der Waals surface area contributed by atoms with E-state index in [9.17, 15) is 9.59 Å². The van der Waals surface area contributed by atoms with Crippen molar-refractivity contribution in [3.05, 3.63) is 0 Å². The van der Waals surface area contributed by atoms with Crippen LogP contribution in [0.1, 0.15) is 79.1 Å². The zero-order chi connectivity index (χ0) is 20.2. The summed E-state index contributed by atoms with van der Waals surface area (Å²) < 4.78 is 9.77. The van der Waals surface area contributed by atoms with Gasteiger partial charge in [0.25, 0.3) is 0 Å². The first-order valence-electron chi connectivity index (χ1n) is 9.86. The Morgan fingerprint density at radius 1 is 0.667 bits per heavy atom. The summed E-state index contributed by atoms with van der Waals surface area (Å²) in [6, 6.07) is 0. The van der Waals surface area contributed by atoms with E-state index in [1.54, 1.807) is 0 Å². The van der Waals surface area contributed by atoms with Crippen molar-refractivity contribution in [1.29, 1.82) is 0 Å². The first-order valence-corrected chi connectivity index (χ1v) is 11.1. The number of thiol groups is 2. The number of ether oxygens (including phenoxy) is 2. The van der Waals surface area contributed by atoms with Crippen LogP contribution in [0.2, 0.25) is 0 Å². The van der Waals surface area contributed by atoms with Gasteiger partial charge in [-0.1, -0.05) is 66.2 Å². The first kappa shape index (κ1) is 32.8. The number of rotatable bonds is 14. The minimum absolute atomic E-state index is 0. The molecule has 27 heavy (non-hydrogen) atoms. The van der Waals surface area contributed by atoms with Crippen LogP contribution in [0.4, 0.5) is 0 Å². The van der Waals surface area contributed by atoms with Crippen molar-refractivity contribution in [2.75, 3.05) is 24.7 Å². The van der Waals surface area contributed by atoms with Crippen molar-refractivity contribution in [2.45, 2.75) is 79.1 Å². The van der Waals surface area contributed by atoms with Crippen LogP contribution in [0.5, 0.6) is 0 Å². The van der Waals surface area contributed by atoms with Crippen LogP contribution in [0, 0.1) is 11.8 Å². The fourth-order valence-electron chi connectivity index (χ4n) is 2.13. The third kappa shape index (κ3) is 32.0. The summed E-state index contributed by atoms with van der Waals surface area (Å²) in [7, 11) is 0. The van der Waals surface area contributed by atoms with Gasteiger partial charge < -0.3 is 9.47 Å². The van der Waals surface area contributed by atoms with E-state index in [1.165, 1.54) is 25.7 Å². The average Bonchev–Trinajstić information content (AvgIpc) is 2.60. The van der Waals surface area contributed by atoms with Gasteiger partial charge in [-0.2, -0.15) is 25.3 Å². The molecule has 160 valence electrons. The van der Waals surface area contributed by atoms with Gasteiger partial charge in [0, 0.05) is 0 Å². The maximum atomic E-state index is 10.7. The zero-order valence-electron chi connectivity index (χ0n) is 17.2. The van der Waals surface area contributed by atoms with E-state index in [1.807, 2.05) is 0 Å². The molecule has 7 heteroatoms. The zero-order valence-corrected chi connectivity index (χ0v) is 19.0. The average molecular weight is 498 g/mol. The Labute approximate surface area is 215 Å². The predicted octanol–water partition coefficient (Wildman–Crippen LogP) is 4.44. The Bertz CT molecular complexity index is 308. The molecule has 0 heterocycles. The standard InChI is InChI=1S/2C10H20O2S.Sr.2H/c2*1-9(2)6-4-3-5-7-12-10(11)8-13;;;/h2*9,13H,3-8H2,1-2H3;;;. The monoisotopic (exact) mass is 498 g/mol. The minimum atomic E-state index is -0.216. The molecular weight excluding hydrogens is 456 g/mol. The molecule has 0 aliphatic carbocycles. The van der Waals surface area contributed by atoms with Gasteiger partial charge in [0.15, 0.2) is 0 Å². The van der Waals surface area contributed by atoms with Crippen LogP contribution in [0.3, 0.4) is 0 Å². The fraction of sp³-hybridized carbons (Fsp3) is 0.900. The van der Waals surface area contributed by atoms with Crippen molar-refractivity contribution in [1.82, 2.24) is 0 Å². The predicted molar refractivity (Wildman–Crippen MR) is 125 cm³/mol. The number of hydrogen-bond donors (Lipinski definition) is 2. The molecular formula is C20H42O4S2Sr. The molecule has 0 spiro atoms. The Morgan fingerprint density at radius 3 is 1.26 bits per heavy atom. The fourth-order valence-corrected chi connectivity index (χ4v) is 2.31. The second-order valence-corrected chi connectivity index (χ2v) is 7.88. The van der Waals surface area contributed by atoms with Crippen molar-refractivity contribution in [2.24, 2.45) is 11.8 Å². The van der Waals surface area contributed by atoms with E-state index in [0.29, 0.717) is 13.2 Å².